The van der Waals surface area contributed by atoms with Crippen LogP contribution in [0, 0.1) is 5.82 Å². The molecule has 0 aliphatic heterocycles. The third-order valence-electron chi connectivity index (χ3n) is 3.90. The van der Waals surface area contributed by atoms with E-state index in [2.05, 4.69) is 0 Å². The first-order chi connectivity index (χ1) is 12.4. The van der Waals surface area contributed by atoms with Crippen molar-refractivity contribution in [1.29, 1.82) is 0 Å². The molecular formula is C19H16FNO4S. The summed E-state index contributed by atoms with van der Waals surface area (Å²) >= 11 is 1.19. The van der Waals surface area contributed by atoms with Gasteiger partial charge in [0.05, 0.1) is 13.7 Å². The van der Waals surface area contributed by atoms with E-state index < -0.39 is 11.8 Å². The van der Waals surface area contributed by atoms with E-state index in [1.54, 1.807) is 18.2 Å². The fourth-order valence-corrected chi connectivity index (χ4v) is 3.97. The summed E-state index contributed by atoms with van der Waals surface area (Å²) in [6.45, 7) is 1.48. The Labute approximate surface area is 153 Å². The van der Waals surface area contributed by atoms with Gasteiger partial charge in [0.15, 0.2) is 0 Å². The largest absolute Gasteiger partial charge is 0.508 e. The van der Waals surface area contributed by atoms with Crippen molar-refractivity contribution in [3.63, 3.8) is 0 Å². The van der Waals surface area contributed by atoms with Gasteiger partial charge in [-0.2, -0.15) is 0 Å². The summed E-state index contributed by atoms with van der Waals surface area (Å²) in [4.78, 5) is 26.0. The second kappa shape index (κ2) is 7.13. The number of esters is 1. The van der Waals surface area contributed by atoms with Crippen LogP contribution in [0.5, 0.6) is 5.75 Å². The van der Waals surface area contributed by atoms with Crippen LogP contribution in [0.25, 0.3) is 10.1 Å². The summed E-state index contributed by atoms with van der Waals surface area (Å²) in [6.07, 6.45) is 0. The highest BCUT2D eigenvalue weighted by Crippen LogP contribution is 2.40. The number of aromatic hydroxyl groups is 1. The number of hydrogen-bond acceptors (Lipinski definition) is 5. The lowest BCUT2D eigenvalue weighted by Crippen LogP contribution is -2.28. The van der Waals surface area contributed by atoms with Crippen molar-refractivity contribution in [2.45, 2.75) is 13.5 Å². The average Bonchev–Trinajstić information content (AvgIpc) is 2.96. The number of fused-ring (bicyclic) bond motifs is 1. The Morgan fingerprint density at radius 2 is 2.00 bits per heavy atom. The minimum Gasteiger partial charge on any atom is -0.508 e. The average molecular weight is 373 g/mol. The summed E-state index contributed by atoms with van der Waals surface area (Å²) < 4.78 is 19.0. The van der Waals surface area contributed by atoms with Gasteiger partial charge in [0.25, 0.3) is 0 Å². The lowest BCUT2D eigenvalue weighted by molar-refractivity contribution is -0.116. The predicted octanol–water partition coefficient (Wildman–Crippen LogP) is 4.09. The van der Waals surface area contributed by atoms with Gasteiger partial charge in [0.1, 0.15) is 22.1 Å². The maximum Gasteiger partial charge on any atom is 0.341 e. The van der Waals surface area contributed by atoms with Gasteiger partial charge in [0.2, 0.25) is 5.91 Å². The van der Waals surface area contributed by atoms with E-state index >= 15 is 0 Å². The minimum absolute atomic E-state index is 0.0567. The van der Waals surface area contributed by atoms with Crippen LogP contribution in [0.2, 0.25) is 0 Å². The normalized spacial score (nSPS) is 10.7. The molecule has 1 N–H and O–H groups in total. The first kappa shape index (κ1) is 17.9. The Morgan fingerprint density at radius 3 is 2.65 bits per heavy atom. The molecule has 7 heteroatoms. The highest BCUT2D eigenvalue weighted by molar-refractivity contribution is 7.23. The van der Waals surface area contributed by atoms with Crippen LogP contribution in [0.4, 0.5) is 9.39 Å². The van der Waals surface area contributed by atoms with Crippen molar-refractivity contribution in [3.8, 4) is 5.75 Å². The van der Waals surface area contributed by atoms with E-state index in [9.17, 15) is 19.1 Å². The third kappa shape index (κ3) is 3.39. The van der Waals surface area contributed by atoms with Crippen LogP contribution in [0.3, 0.4) is 0 Å². The van der Waals surface area contributed by atoms with Gasteiger partial charge in [0, 0.05) is 17.0 Å². The summed E-state index contributed by atoms with van der Waals surface area (Å²) in [5.41, 5.74) is 0.843. The Kier molecular flexibility index (Phi) is 4.90. The number of phenols is 1. The molecule has 0 unspecified atom stereocenters. The molecule has 1 aromatic heterocycles. The van der Waals surface area contributed by atoms with Crippen LogP contribution < -0.4 is 4.90 Å². The van der Waals surface area contributed by atoms with Crippen LogP contribution in [-0.4, -0.2) is 24.1 Å². The van der Waals surface area contributed by atoms with Crippen LogP contribution >= 0.6 is 11.3 Å². The number of phenolic OH excluding ortho intramolecular Hbond substituents is 1. The second-order valence-corrected chi connectivity index (χ2v) is 6.72. The molecule has 0 radical (unpaired) electrons. The van der Waals surface area contributed by atoms with Gasteiger partial charge in [-0.15, -0.1) is 11.3 Å². The first-order valence-electron chi connectivity index (χ1n) is 7.77. The monoisotopic (exact) mass is 373 g/mol. The smallest absolute Gasteiger partial charge is 0.341 e. The predicted molar refractivity (Wildman–Crippen MR) is 98.1 cm³/mol. The minimum atomic E-state index is -0.581. The number of nitrogens with zero attached hydrogens (tertiary/aromatic N) is 1. The molecule has 134 valence electrons. The van der Waals surface area contributed by atoms with Crippen molar-refractivity contribution < 1.29 is 23.8 Å². The van der Waals surface area contributed by atoms with E-state index in [0.29, 0.717) is 20.7 Å². The Morgan fingerprint density at radius 1 is 1.23 bits per heavy atom. The second-order valence-electron chi connectivity index (χ2n) is 5.69. The molecule has 0 saturated heterocycles. The molecule has 0 aliphatic rings. The number of carbonyl (C=O) groups is 2. The Bertz CT molecular complexity index is 998. The van der Waals surface area contributed by atoms with Gasteiger partial charge in [-0.3, -0.25) is 9.69 Å². The van der Waals surface area contributed by atoms with E-state index in [1.165, 1.54) is 54.5 Å². The number of anilines is 1. The topological polar surface area (TPSA) is 66.8 Å². The van der Waals surface area contributed by atoms with E-state index in [0.717, 1.165) is 0 Å². The van der Waals surface area contributed by atoms with E-state index in [-0.39, 0.29) is 23.8 Å². The van der Waals surface area contributed by atoms with Crippen LogP contribution in [0.1, 0.15) is 22.8 Å². The standard InChI is InChI=1S/C19H16FNO4S/c1-11(22)21(10-12-4-3-5-13(20)8-12)18-17(19(24)25-2)15-7-6-14(23)9-16(15)26-18/h3-9,23H,10H2,1-2H3. The number of methoxy groups -OCH3 is 1. The number of rotatable bonds is 4. The number of benzene rings is 2. The molecule has 0 aliphatic carbocycles. The Hall–Kier alpha value is -2.93. The molecule has 26 heavy (non-hydrogen) atoms. The number of amides is 1. The molecule has 3 rings (SSSR count). The van der Waals surface area contributed by atoms with Crippen LogP contribution in [0.15, 0.2) is 42.5 Å². The SMILES string of the molecule is COC(=O)c1c(N(Cc2cccc(F)c2)C(C)=O)sc2cc(O)ccc12. The number of ether oxygens (including phenoxy) is 1. The van der Waals surface area contributed by atoms with Crippen molar-refractivity contribution >= 4 is 38.3 Å². The maximum atomic E-state index is 13.5. The lowest BCUT2D eigenvalue weighted by atomic mass is 10.1. The molecule has 0 spiro atoms. The van der Waals surface area contributed by atoms with Crippen LogP contribution in [-0.2, 0) is 16.1 Å². The zero-order chi connectivity index (χ0) is 18.8. The molecule has 1 heterocycles. The molecule has 5 nitrogen and oxygen atoms in total. The fourth-order valence-electron chi connectivity index (χ4n) is 2.71. The number of thiophene rings is 1. The molecule has 1 amide bonds. The zero-order valence-corrected chi connectivity index (χ0v) is 15.0. The molecule has 0 bridgehead atoms. The lowest BCUT2D eigenvalue weighted by Gasteiger charge is -2.21. The van der Waals surface area contributed by atoms with Crippen molar-refractivity contribution in [1.82, 2.24) is 0 Å². The maximum absolute atomic E-state index is 13.5. The summed E-state index contributed by atoms with van der Waals surface area (Å²) in [7, 11) is 1.26. The number of carbonyl (C=O) groups excluding carboxylic acids is 2. The van der Waals surface area contributed by atoms with E-state index in [1.807, 2.05) is 0 Å². The summed E-state index contributed by atoms with van der Waals surface area (Å²) in [5.74, 6) is -1.22. The highest BCUT2D eigenvalue weighted by Gasteiger charge is 2.26. The fraction of sp³-hybridized carbons (Fsp3) is 0.158. The quantitative estimate of drug-likeness (QED) is 0.700. The van der Waals surface area contributed by atoms with Gasteiger partial charge in [-0.25, -0.2) is 9.18 Å². The van der Waals surface area contributed by atoms with Crippen molar-refractivity contribution in [3.05, 3.63) is 59.4 Å². The van der Waals surface area contributed by atoms with Gasteiger partial charge in [-0.05, 0) is 35.9 Å². The van der Waals surface area contributed by atoms with E-state index in [4.69, 9.17) is 4.74 Å². The first-order valence-corrected chi connectivity index (χ1v) is 8.58. The molecule has 2 aromatic carbocycles. The molecule has 0 atom stereocenters. The van der Waals surface area contributed by atoms with Gasteiger partial charge >= 0.3 is 5.97 Å². The zero-order valence-electron chi connectivity index (χ0n) is 14.2. The third-order valence-corrected chi connectivity index (χ3v) is 5.08. The molecule has 0 fully saturated rings. The molecule has 0 saturated carbocycles. The molecule has 3 aromatic rings. The van der Waals surface area contributed by atoms with Gasteiger partial charge in [-0.1, -0.05) is 12.1 Å². The number of hydrogen-bond donors (Lipinski definition) is 1. The van der Waals surface area contributed by atoms with Gasteiger partial charge < -0.3 is 9.84 Å². The van der Waals surface area contributed by atoms with Crippen molar-refractivity contribution in [2.24, 2.45) is 0 Å². The highest BCUT2D eigenvalue weighted by atomic mass is 32.1. The summed E-state index contributed by atoms with van der Waals surface area (Å²) in [5, 5.41) is 10.7. The van der Waals surface area contributed by atoms with Crippen molar-refractivity contribution in [2.75, 3.05) is 12.0 Å². The number of halogens is 1. The Balaban J connectivity index is 2.15. The molecular weight excluding hydrogens is 357 g/mol. The summed E-state index contributed by atoms with van der Waals surface area (Å²) in [6, 6.07) is 10.5.